The molecule has 0 saturated carbocycles. The quantitative estimate of drug-likeness (QED) is 0.794. The molecule has 1 atom stereocenters. The Morgan fingerprint density at radius 2 is 1.95 bits per heavy atom. The van der Waals surface area contributed by atoms with Gasteiger partial charge in [-0.05, 0) is 31.0 Å². The maximum atomic E-state index is 11.5. The van der Waals surface area contributed by atoms with E-state index in [0.29, 0.717) is 13.0 Å². The molecule has 1 unspecified atom stereocenters. The second kappa shape index (κ2) is 8.59. The lowest BCUT2D eigenvalue weighted by atomic mass is 10.1. The van der Waals surface area contributed by atoms with Crippen LogP contribution in [0.5, 0.6) is 5.75 Å². The monoisotopic (exact) mass is 278 g/mol. The molecule has 112 valence electrons. The van der Waals surface area contributed by atoms with Crippen LogP contribution in [0.3, 0.4) is 0 Å². The molecule has 0 bridgehead atoms. The van der Waals surface area contributed by atoms with E-state index in [0.717, 1.165) is 18.8 Å². The summed E-state index contributed by atoms with van der Waals surface area (Å²) in [4.78, 5) is 13.1. The largest absolute Gasteiger partial charge is 0.494 e. The topological polar surface area (TPSA) is 41.6 Å². The summed E-state index contributed by atoms with van der Waals surface area (Å²) in [6.45, 7) is 5.63. The third-order valence-corrected chi connectivity index (χ3v) is 3.14. The molecule has 0 spiro atoms. The van der Waals surface area contributed by atoms with Gasteiger partial charge < -0.3 is 15.0 Å². The van der Waals surface area contributed by atoms with E-state index in [4.69, 9.17) is 4.74 Å². The van der Waals surface area contributed by atoms with Gasteiger partial charge in [-0.2, -0.15) is 0 Å². The van der Waals surface area contributed by atoms with Crippen molar-refractivity contribution in [1.82, 2.24) is 10.2 Å². The summed E-state index contributed by atoms with van der Waals surface area (Å²) >= 11 is 0. The van der Waals surface area contributed by atoms with Crippen molar-refractivity contribution < 1.29 is 9.53 Å². The molecule has 0 heterocycles. The van der Waals surface area contributed by atoms with Gasteiger partial charge in [0.1, 0.15) is 5.75 Å². The number of ether oxygens (including phenoxy) is 1. The number of hydrogen-bond acceptors (Lipinski definition) is 3. The Bertz CT molecular complexity index is 401. The summed E-state index contributed by atoms with van der Waals surface area (Å²) < 4.78 is 5.56. The lowest BCUT2D eigenvalue weighted by Gasteiger charge is -2.16. The molecule has 4 nitrogen and oxygen atoms in total. The number of nitrogens with zero attached hydrogens (tertiary/aromatic N) is 1. The standard InChI is InChI=1S/C16H26N2O2/c1-5-12-20-15-8-6-14(7-9-15)13(2)17-11-10-16(19)18(3)4/h6-9,13,17H,5,10-12H2,1-4H3. The minimum Gasteiger partial charge on any atom is -0.494 e. The molecule has 20 heavy (non-hydrogen) atoms. The number of carbonyl (C=O) groups is 1. The van der Waals surface area contributed by atoms with Crippen LogP contribution in [0.25, 0.3) is 0 Å². The molecule has 0 aliphatic rings. The number of nitrogens with one attached hydrogen (secondary N) is 1. The van der Waals surface area contributed by atoms with Gasteiger partial charge >= 0.3 is 0 Å². The molecule has 0 saturated heterocycles. The molecule has 1 aromatic rings. The van der Waals surface area contributed by atoms with Crippen molar-refractivity contribution in [2.24, 2.45) is 0 Å². The Balaban J connectivity index is 2.39. The summed E-state index contributed by atoms with van der Waals surface area (Å²) in [6, 6.07) is 8.35. The van der Waals surface area contributed by atoms with Gasteiger partial charge in [-0.15, -0.1) is 0 Å². The Hall–Kier alpha value is -1.55. The summed E-state index contributed by atoms with van der Waals surface area (Å²) in [5, 5.41) is 3.36. The maximum Gasteiger partial charge on any atom is 0.223 e. The fourth-order valence-electron chi connectivity index (χ4n) is 1.81. The van der Waals surface area contributed by atoms with E-state index in [-0.39, 0.29) is 11.9 Å². The summed E-state index contributed by atoms with van der Waals surface area (Å²) in [5.74, 6) is 1.05. The number of amides is 1. The van der Waals surface area contributed by atoms with Gasteiger partial charge in [0.25, 0.3) is 0 Å². The average molecular weight is 278 g/mol. The van der Waals surface area contributed by atoms with Crippen LogP contribution in [0.2, 0.25) is 0 Å². The summed E-state index contributed by atoms with van der Waals surface area (Å²) in [5.41, 5.74) is 1.20. The normalized spacial score (nSPS) is 12.0. The molecule has 0 aliphatic carbocycles. The second-order valence-corrected chi connectivity index (χ2v) is 5.13. The van der Waals surface area contributed by atoms with Gasteiger partial charge in [0.05, 0.1) is 6.61 Å². The molecule has 0 fully saturated rings. The number of hydrogen-bond donors (Lipinski definition) is 1. The second-order valence-electron chi connectivity index (χ2n) is 5.13. The van der Waals surface area contributed by atoms with Crippen LogP contribution in [0.15, 0.2) is 24.3 Å². The zero-order chi connectivity index (χ0) is 15.0. The molecule has 4 heteroatoms. The Morgan fingerprint density at radius 1 is 1.30 bits per heavy atom. The molecule has 1 aromatic carbocycles. The van der Waals surface area contributed by atoms with Crippen molar-refractivity contribution in [3.63, 3.8) is 0 Å². The first kappa shape index (κ1) is 16.5. The lowest BCUT2D eigenvalue weighted by molar-refractivity contribution is -0.128. The molecule has 1 N–H and O–H groups in total. The number of rotatable bonds is 8. The van der Waals surface area contributed by atoms with Crippen LogP contribution in [0, 0.1) is 0 Å². The van der Waals surface area contributed by atoms with Crippen LogP contribution in [0.1, 0.15) is 38.3 Å². The van der Waals surface area contributed by atoms with Gasteiger partial charge in [0.2, 0.25) is 5.91 Å². The van der Waals surface area contributed by atoms with E-state index in [9.17, 15) is 4.79 Å². The van der Waals surface area contributed by atoms with Crippen molar-refractivity contribution >= 4 is 5.91 Å². The highest BCUT2D eigenvalue weighted by atomic mass is 16.5. The molecule has 0 aromatic heterocycles. The van der Waals surface area contributed by atoms with Crippen LogP contribution in [0.4, 0.5) is 0 Å². The van der Waals surface area contributed by atoms with Crippen molar-refractivity contribution in [3.05, 3.63) is 29.8 Å². The van der Waals surface area contributed by atoms with Crippen molar-refractivity contribution in [2.75, 3.05) is 27.2 Å². The average Bonchev–Trinajstić information content (AvgIpc) is 2.45. The predicted octanol–water partition coefficient (Wildman–Crippen LogP) is 2.60. The third kappa shape index (κ3) is 5.61. The highest BCUT2D eigenvalue weighted by molar-refractivity contribution is 5.75. The van der Waals surface area contributed by atoms with Crippen molar-refractivity contribution in [1.29, 1.82) is 0 Å². The highest BCUT2D eigenvalue weighted by Crippen LogP contribution is 2.17. The van der Waals surface area contributed by atoms with Crippen LogP contribution < -0.4 is 10.1 Å². The Labute approximate surface area is 122 Å². The molecular formula is C16H26N2O2. The highest BCUT2D eigenvalue weighted by Gasteiger charge is 2.07. The first-order valence-electron chi connectivity index (χ1n) is 7.21. The first-order chi connectivity index (χ1) is 9.54. The third-order valence-electron chi connectivity index (χ3n) is 3.14. The molecule has 1 rings (SSSR count). The van der Waals surface area contributed by atoms with Gasteiger partial charge in [-0.3, -0.25) is 4.79 Å². The Morgan fingerprint density at radius 3 is 2.50 bits per heavy atom. The fraction of sp³-hybridized carbons (Fsp3) is 0.562. The van der Waals surface area contributed by atoms with E-state index in [2.05, 4.69) is 31.3 Å². The van der Waals surface area contributed by atoms with E-state index in [1.165, 1.54) is 5.56 Å². The fourth-order valence-corrected chi connectivity index (χ4v) is 1.81. The van der Waals surface area contributed by atoms with Crippen molar-refractivity contribution in [2.45, 2.75) is 32.7 Å². The molecule has 1 amide bonds. The van der Waals surface area contributed by atoms with E-state index < -0.39 is 0 Å². The maximum absolute atomic E-state index is 11.5. The predicted molar refractivity (Wildman–Crippen MR) is 82.0 cm³/mol. The van der Waals surface area contributed by atoms with Gasteiger partial charge in [-0.25, -0.2) is 0 Å². The SMILES string of the molecule is CCCOc1ccc(C(C)NCCC(=O)N(C)C)cc1. The van der Waals surface area contributed by atoms with Gasteiger partial charge in [0.15, 0.2) is 0 Å². The van der Waals surface area contributed by atoms with Crippen molar-refractivity contribution in [3.8, 4) is 5.75 Å². The smallest absolute Gasteiger partial charge is 0.223 e. The zero-order valence-corrected chi connectivity index (χ0v) is 13.0. The van der Waals surface area contributed by atoms with E-state index in [1.54, 1.807) is 19.0 Å². The van der Waals surface area contributed by atoms with Crippen LogP contribution in [-0.2, 0) is 4.79 Å². The molecule has 0 radical (unpaired) electrons. The summed E-state index contributed by atoms with van der Waals surface area (Å²) in [7, 11) is 3.56. The van der Waals surface area contributed by atoms with E-state index >= 15 is 0 Å². The minimum absolute atomic E-state index is 0.146. The number of benzene rings is 1. The van der Waals surface area contributed by atoms with Gasteiger partial charge in [-0.1, -0.05) is 19.1 Å². The molecule has 0 aliphatic heterocycles. The number of carbonyl (C=O) groups excluding carboxylic acids is 1. The van der Waals surface area contributed by atoms with E-state index in [1.807, 2.05) is 12.1 Å². The van der Waals surface area contributed by atoms with Crippen LogP contribution >= 0.6 is 0 Å². The van der Waals surface area contributed by atoms with Gasteiger partial charge in [0, 0.05) is 33.1 Å². The molecular weight excluding hydrogens is 252 g/mol. The first-order valence-corrected chi connectivity index (χ1v) is 7.21. The van der Waals surface area contributed by atoms with Crippen LogP contribution in [-0.4, -0.2) is 38.1 Å². The summed E-state index contributed by atoms with van der Waals surface area (Å²) in [6.07, 6.45) is 1.54. The minimum atomic E-state index is 0.146. The Kier molecular flexibility index (Phi) is 7.09. The zero-order valence-electron chi connectivity index (χ0n) is 13.0. The lowest BCUT2D eigenvalue weighted by Crippen LogP contribution is -2.28.